The maximum absolute atomic E-state index is 12.1. The predicted molar refractivity (Wildman–Crippen MR) is 108 cm³/mol. The molecule has 0 radical (unpaired) electrons. The third-order valence-electron chi connectivity index (χ3n) is 3.60. The molecule has 0 fully saturated rings. The normalized spacial score (nSPS) is 10.3. The van der Waals surface area contributed by atoms with E-state index >= 15 is 0 Å². The van der Waals surface area contributed by atoms with Gasteiger partial charge in [-0.2, -0.15) is 0 Å². The van der Waals surface area contributed by atoms with E-state index in [9.17, 15) is 9.59 Å². The molecule has 0 saturated carbocycles. The summed E-state index contributed by atoms with van der Waals surface area (Å²) in [5.74, 6) is -0.544. The standard InChI is InChI=1S/C19H21Cl2N3O3/c1-22-12-17(25)23-9-10-27-18(26)11-13-5-2-3-8-16(13)24-19-14(20)6-4-7-15(19)21/h2-8,22,24H,9-12H2,1H3,(H,23,25). The van der Waals surface area contributed by atoms with Crippen molar-refractivity contribution >= 4 is 46.5 Å². The summed E-state index contributed by atoms with van der Waals surface area (Å²) in [5.41, 5.74) is 2.04. The van der Waals surface area contributed by atoms with Crippen molar-refractivity contribution in [1.29, 1.82) is 0 Å². The third-order valence-corrected chi connectivity index (χ3v) is 4.23. The minimum absolute atomic E-state index is 0.0791. The van der Waals surface area contributed by atoms with Crippen molar-refractivity contribution in [1.82, 2.24) is 10.6 Å². The second-order valence-corrected chi connectivity index (χ2v) is 6.47. The number of para-hydroxylation sites is 2. The Morgan fingerprint density at radius 1 is 1.04 bits per heavy atom. The highest BCUT2D eigenvalue weighted by Crippen LogP contribution is 2.33. The number of ether oxygens (including phenoxy) is 1. The molecule has 2 rings (SSSR count). The summed E-state index contributed by atoms with van der Waals surface area (Å²) in [6.07, 6.45) is 0.0791. The molecular weight excluding hydrogens is 389 g/mol. The molecule has 2 aromatic carbocycles. The molecule has 0 atom stereocenters. The number of carbonyl (C=O) groups excluding carboxylic acids is 2. The van der Waals surface area contributed by atoms with Crippen LogP contribution in [0.25, 0.3) is 0 Å². The quantitative estimate of drug-likeness (QED) is 0.437. The largest absolute Gasteiger partial charge is 0.464 e. The van der Waals surface area contributed by atoms with Crippen molar-refractivity contribution in [2.45, 2.75) is 6.42 Å². The number of hydrogen-bond donors (Lipinski definition) is 3. The maximum Gasteiger partial charge on any atom is 0.310 e. The van der Waals surface area contributed by atoms with E-state index in [-0.39, 0.29) is 32.0 Å². The maximum atomic E-state index is 12.1. The summed E-state index contributed by atoms with van der Waals surface area (Å²) >= 11 is 12.4. The lowest BCUT2D eigenvalue weighted by Crippen LogP contribution is -2.34. The Labute approximate surface area is 168 Å². The van der Waals surface area contributed by atoms with E-state index in [0.29, 0.717) is 21.4 Å². The number of likely N-dealkylation sites (N-methyl/N-ethyl adjacent to an activating group) is 1. The van der Waals surface area contributed by atoms with Crippen molar-refractivity contribution in [3.63, 3.8) is 0 Å². The number of anilines is 2. The van der Waals surface area contributed by atoms with Gasteiger partial charge in [-0.05, 0) is 30.8 Å². The van der Waals surface area contributed by atoms with Crippen molar-refractivity contribution in [3.05, 3.63) is 58.1 Å². The predicted octanol–water partition coefficient (Wildman–Crippen LogP) is 3.16. The first-order valence-electron chi connectivity index (χ1n) is 8.37. The van der Waals surface area contributed by atoms with Crippen LogP contribution in [0.4, 0.5) is 11.4 Å². The van der Waals surface area contributed by atoms with E-state index in [0.717, 1.165) is 5.56 Å². The zero-order valence-electron chi connectivity index (χ0n) is 14.9. The van der Waals surface area contributed by atoms with Gasteiger partial charge in [0.05, 0.1) is 35.2 Å². The van der Waals surface area contributed by atoms with Gasteiger partial charge in [0, 0.05) is 5.69 Å². The van der Waals surface area contributed by atoms with Gasteiger partial charge in [0.2, 0.25) is 5.91 Å². The van der Waals surface area contributed by atoms with E-state index in [1.165, 1.54) is 0 Å². The van der Waals surface area contributed by atoms with Crippen LogP contribution in [0, 0.1) is 0 Å². The van der Waals surface area contributed by atoms with Crippen LogP contribution in [0.15, 0.2) is 42.5 Å². The molecule has 3 N–H and O–H groups in total. The summed E-state index contributed by atoms with van der Waals surface area (Å²) in [7, 11) is 1.68. The van der Waals surface area contributed by atoms with Gasteiger partial charge in [-0.1, -0.05) is 47.5 Å². The Morgan fingerprint density at radius 2 is 1.74 bits per heavy atom. The topological polar surface area (TPSA) is 79.5 Å². The minimum Gasteiger partial charge on any atom is -0.464 e. The fourth-order valence-corrected chi connectivity index (χ4v) is 2.83. The van der Waals surface area contributed by atoms with E-state index in [1.807, 2.05) is 24.3 Å². The van der Waals surface area contributed by atoms with Crippen LogP contribution >= 0.6 is 23.2 Å². The van der Waals surface area contributed by atoms with Crippen LogP contribution in [0.3, 0.4) is 0 Å². The van der Waals surface area contributed by atoms with E-state index in [4.69, 9.17) is 27.9 Å². The van der Waals surface area contributed by atoms with Crippen LogP contribution in [0.2, 0.25) is 10.0 Å². The molecule has 0 aliphatic carbocycles. The smallest absolute Gasteiger partial charge is 0.310 e. The van der Waals surface area contributed by atoms with Crippen molar-refractivity contribution in [2.24, 2.45) is 0 Å². The van der Waals surface area contributed by atoms with Crippen LogP contribution in [0.5, 0.6) is 0 Å². The molecule has 1 amide bonds. The van der Waals surface area contributed by atoms with Gasteiger partial charge < -0.3 is 20.7 Å². The van der Waals surface area contributed by atoms with Gasteiger partial charge >= 0.3 is 5.97 Å². The Bertz CT molecular complexity index is 779. The highest BCUT2D eigenvalue weighted by molar-refractivity contribution is 6.39. The Morgan fingerprint density at radius 3 is 2.44 bits per heavy atom. The lowest BCUT2D eigenvalue weighted by atomic mass is 10.1. The number of nitrogens with one attached hydrogen (secondary N) is 3. The number of esters is 1. The second kappa shape index (κ2) is 10.8. The molecule has 0 unspecified atom stereocenters. The summed E-state index contributed by atoms with van der Waals surface area (Å²) in [5, 5.41) is 9.52. The molecule has 0 heterocycles. The molecule has 0 saturated heterocycles. The van der Waals surface area contributed by atoms with Gasteiger partial charge in [0.25, 0.3) is 0 Å². The van der Waals surface area contributed by atoms with Crippen LogP contribution in [-0.2, 0) is 20.7 Å². The first-order chi connectivity index (χ1) is 13.0. The summed E-state index contributed by atoms with van der Waals surface area (Å²) in [6, 6.07) is 12.6. The highest BCUT2D eigenvalue weighted by Gasteiger charge is 2.12. The van der Waals surface area contributed by atoms with E-state index in [1.54, 1.807) is 25.2 Å². The second-order valence-electron chi connectivity index (χ2n) is 5.66. The molecule has 0 spiro atoms. The van der Waals surface area contributed by atoms with Gasteiger partial charge in [-0.25, -0.2) is 0 Å². The molecular formula is C19H21Cl2N3O3. The van der Waals surface area contributed by atoms with Crippen molar-refractivity contribution < 1.29 is 14.3 Å². The number of amides is 1. The first-order valence-corrected chi connectivity index (χ1v) is 9.12. The van der Waals surface area contributed by atoms with Crippen LogP contribution in [0.1, 0.15) is 5.56 Å². The molecule has 0 aliphatic heterocycles. The van der Waals surface area contributed by atoms with Crippen molar-refractivity contribution in [3.8, 4) is 0 Å². The summed E-state index contributed by atoms with van der Waals surface area (Å²) in [4.78, 5) is 23.4. The molecule has 0 aromatic heterocycles. The number of hydrogen-bond acceptors (Lipinski definition) is 5. The molecule has 8 heteroatoms. The van der Waals surface area contributed by atoms with E-state index in [2.05, 4.69) is 16.0 Å². The number of carbonyl (C=O) groups is 2. The fraction of sp³-hybridized carbons (Fsp3) is 0.263. The molecule has 0 aliphatic rings. The molecule has 2 aromatic rings. The summed E-state index contributed by atoms with van der Waals surface area (Å²) < 4.78 is 5.17. The lowest BCUT2D eigenvalue weighted by molar-refractivity contribution is -0.143. The zero-order chi connectivity index (χ0) is 19.6. The average Bonchev–Trinajstić information content (AvgIpc) is 2.63. The Hall–Kier alpha value is -2.28. The van der Waals surface area contributed by atoms with Crippen molar-refractivity contribution in [2.75, 3.05) is 32.1 Å². The molecule has 0 bridgehead atoms. The first kappa shape index (κ1) is 21.0. The molecule has 144 valence electrons. The number of halogens is 2. The van der Waals surface area contributed by atoms with Crippen LogP contribution < -0.4 is 16.0 Å². The average molecular weight is 410 g/mol. The Kier molecular flexibility index (Phi) is 8.39. The highest BCUT2D eigenvalue weighted by atomic mass is 35.5. The van der Waals surface area contributed by atoms with Crippen LogP contribution in [-0.4, -0.2) is 38.6 Å². The van der Waals surface area contributed by atoms with Gasteiger partial charge in [-0.15, -0.1) is 0 Å². The molecule has 27 heavy (non-hydrogen) atoms. The van der Waals surface area contributed by atoms with Gasteiger partial charge in [-0.3, -0.25) is 9.59 Å². The SMILES string of the molecule is CNCC(=O)NCCOC(=O)Cc1ccccc1Nc1c(Cl)cccc1Cl. The van der Waals surface area contributed by atoms with E-state index < -0.39 is 5.97 Å². The Balaban J connectivity index is 1.93. The van der Waals surface area contributed by atoms with Gasteiger partial charge in [0.15, 0.2) is 0 Å². The number of benzene rings is 2. The van der Waals surface area contributed by atoms with Gasteiger partial charge in [0.1, 0.15) is 6.61 Å². The monoisotopic (exact) mass is 409 g/mol. The lowest BCUT2D eigenvalue weighted by Gasteiger charge is -2.14. The summed E-state index contributed by atoms with van der Waals surface area (Å²) in [6.45, 7) is 0.596. The minimum atomic E-state index is -0.391. The zero-order valence-corrected chi connectivity index (χ0v) is 16.4. The third kappa shape index (κ3) is 6.75. The fourth-order valence-electron chi connectivity index (χ4n) is 2.33. The number of rotatable bonds is 9. The molecule has 6 nitrogen and oxygen atoms in total.